The number of aryl methyl sites for hydroxylation is 1. The Labute approximate surface area is 145 Å². The van der Waals surface area contributed by atoms with E-state index >= 15 is 0 Å². The molecule has 0 saturated heterocycles. The van der Waals surface area contributed by atoms with Crippen LogP contribution in [0.25, 0.3) is 10.8 Å². The van der Waals surface area contributed by atoms with Crippen molar-refractivity contribution in [1.29, 1.82) is 0 Å². The van der Waals surface area contributed by atoms with Gasteiger partial charge in [0, 0.05) is 12.7 Å². The summed E-state index contributed by atoms with van der Waals surface area (Å²) in [5.41, 5.74) is 1.50. The van der Waals surface area contributed by atoms with Crippen LogP contribution in [0.1, 0.15) is 23.2 Å². The lowest BCUT2D eigenvalue weighted by Gasteiger charge is -2.13. The second kappa shape index (κ2) is 7.72. The summed E-state index contributed by atoms with van der Waals surface area (Å²) in [6.45, 7) is 2.23. The molecule has 0 unspecified atom stereocenters. The molecule has 0 spiro atoms. The normalized spacial score (nSPS) is 11.9. The van der Waals surface area contributed by atoms with Crippen molar-refractivity contribution < 1.29 is 9.90 Å². The van der Waals surface area contributed by atoms with Gasteiger partial charge in [0.15, 0.2) is 0 Å². The van der Waals surface area contributed by atoms with Gasteiger partial charge in [0.1, 0.15) is 5.82 Å². The molecule has 6 heteroatoms. The zero-order valence-corrected chi connectivity index (χ0v) is 13.9. The average molecular weight is 336 g/mol. The molecule has 0 aliphatic rings. The number of urea groups is 1. The molecule has 0 fully saturated rings. The Bertz CT molecular complexity index is 882. The monoisotopic (exact) mass is 336 g/mol. The van der Waals surface area contributed by atoms with Crippen LogP contribution in [-0.2, 0) is 6.54 Å². The third-order valence-electron chi connectivity index (χ3n) is 3.88. The number of aromatic nitrogens is 2. The van der Waals surface area contributed by atoms with Crippen molar-refractivity contribution in [3.05, 3.63) is 71.8 Å². The number of carbonyl (C=O) groups is 1. The molecule has 1 aromatic heterocycles. The number of amides is 2. The standard InChI is InChI=1S/C19H20N4O2/c1-13-20-9-8-17(23-13)11-21-19(25)22-12-18(24)16-7-6-14-4-2-3-5-15(14)10-16/h2-10,18,24H,11-12H2,1H3,(H2,21,22,25)/t18-/m0/s1. The van der Waals surface area contributed by atoms with E-state index in [0.29, 0.717) is 12.4 Å². The SMILES string of the molecule is Cc1nccc(CNC(=O)NC[C@H](O)c2ccc3ccccc3c2)n1. The van der Waals surface area contributed by atoms with Crippen LogP contribution in [0.15, 0.2) is 54.7 Å². The topological polar surface area (TPSA) is 87.1 Å². The van der Waals surface area contributed by atoms with Gasteiger partial charge < -0.3 is 15.7 Å². The minimum atomic E-state index is -0.767. The lowest BCUT2D eigenvalue weighted by Crippen LogP contribution is -2.37. The Balaban J connectivity index is 1.52. The first kappa shape index (κ1) is 16.9. The number of hydrogen-bond donors (Lipinski definition) is 3. The molecule has 0 aliphatic carbocycles. The molecule has 2 aromatic carbocycles. The van der Waals surface area contributed by atoms with Crippen molar-refractivity contribution in [2.24, 2.45) is 0 Å². The van der Waals surface area contributed by atoms with Gasteiger partial charge in [-0.05, 0) is 35.4 Å². The minimum absolute atomic E-state index is 0.132. The van der Waals surface area contributed by atoms with Gasteiger partial charge >= 0.3 is 6.03 Å². The number of benzene rings is 2. The van der Waals surface area contributed by atoms with E-state index in [1.54, 1.807) is 19.2 Å². The van der Waals surface area contributed by atoms with Gasteiger partial charge in [-0.2, -0.15) is 0 Å². The van der Waals surface area contributed by atoms with Gasteiger partial charge in [-0.1, -0.05) is 36.4 Å². The highest BCUT2D eigenvalue weighted by Crippen LogP contribution is 2.19. The van der Waals surface area contributed by atoms with Gasteiger partial charge in [-0.3, -0.25) is 0 Å². The van der Waals surface area contributed by atoms with Crippen LogP contribution in [-0.4, -0.2) is 27.7 Å². The summed E-state index contributed by atoms with van der Waals surface area (Å²) in [5.74, 6) is 0.659. The molecule has 3 rings (SSSR count). The number of nitrogens with one attached hydrogen (secondary N) is 2. The molecular weight excluding hydrogens is 316 g/mol. The Hall–Kier alpha value is -2.99. The van der Waals surface area contributed by atoms with Gasteiger partial charge in [0.05, 0.1) is 18.3 Å². The number of nitrogens with zero attached hydrogens (tertiary/aromatic N) is 2. The Kier molecular flexibility index (Phi) is 5.20. The molecule has 1 heterocycles. The van der Waals surface area contributed by atoms with Crippen molar-refractivity contribution in [3.63, 3.8) is 0 Å². The summed E-state index contributed by atoms with van der Waals surface area (Å²) in [6.07, 6.45) is 0.887. The number of hydrogen-bond acceptors (Lipinski definition) is 4. The third-order valence-corrected chi connectivity index (χ3v) is 3.88. The Morgan fingerprint density at radius 1 is 1.12 bits per heavy atom. The van der Waals surface area contributed by atoms with Crippen LogP contribution in [0.2, 0.25) is 0 Å². The largest absolute Gasteiger partial charge is 0.387 e. The summed E-state index contributed by atoms with van der Waals surface area (Å²) in [5, 5.41) is 17.8. The van der Waals surface area contributed by atoms with Gasteiger partial charge in [-0.15, -0.1) is 0 Å². The second-order valence-electron chi connectivity index (χ2n) is 5.78. The zero-order valence-electron chi connectivity index (χ0n) is 13.9. The van der Waals surface area contributed by atoms with Crippen LogP contribution < -0.4 is 10.6 Å². The fourth-order valence-electron chi connectivity index (χ4n) is 2.56. The lowest BCUT2D eigenvalue weighted by molar-refractivity contribution is 0.173. The highest BCUT2D eigenvalue weighted by molar-refractivity contribution is 5.83. The smallest absolute Gasteiger partial charge is 0.315 e. The van der Waals surface area contributed by atoms with E-state index in [-0.39, 0.29) is 12.6 Å². The number of aliphatic hydroxyl groups excluding tert-OH is 1. The van der Waals surface area contributed by atoms with Gasteiger partial charge in [-0.25, -0.2) is 14.8 Å². The van der Waals surface area contributed by atoms with E-state index in [1.165, 1.54) is 0 Å². The fraction of sp³-hybridized carbons (Fsp3) is 0.211. The Morgan fingerprint density at radius 3 is 2.72 bits per heavy atom. The quantitative estimate of drug-likeness (QED) is 0.668. The summed E-state index contributed by atoms with van der Waals surface area (Å²) >= 11 is 0. The maximum atomic E-state index is 11.9. The highest BCUT2D eigenvalue weighted by atomic mass is 16.3. The maximum absolute atomic E-state index is 11.9. The molecule has 128 valence electrons. The molecule has 0 bridgehead atoms. The molecule has 1 atom stereocenters. The summed E-state index contributed by atoms with van der Waals surface area (Å²) in [6, 6.07) is 15.1. The number of carbonyl (C=O) groups excluding carboxylic acids is 1. The fourth-order valence-corrected chi connectivity index (χ4v) is 2.56. The van der Waals surface area contributed by atoms with Gasteiger partial charge in [0.2, 0.25) is 0 Å². The molecule has 2 amide bonds. The van der Waals surface area contributed by atoms with Crippen molar-refractivity contribution in [3.8, 4) is 0 Å². The first-order valence-corrected chi connectivity index (χ1v) is 8.09. The van der Waals surface area contributed by atoms with Crippen molar-refractivity contribution in [2.45, 2.75) is 19.6 Å². The maximum Gasteiger partial charge on any atom is 0.315 e. The molecule has 0 aliphatic heterocycles. The molecule has 25 heavy (non-hydrogen) atoms. The predicted molar refractivity (Wildman–Crippen MR) is 95.9 cm³/mol. The molecule has 0 saturated carbocycles. The van der Waals surface area contributed by atoms with Crippen LogP contribution in [0.3, 0.4) is 0 Å². The van der Waals surface area contributed by atoms with E-state index in [1.807, 2.05) is 42.5 Å². The van der Waals surface area contributed by atoms with Gasteiger partial charge in [0.25, 0.3) is 0 Å². The Morgan fingerprint density at radius 2 is 1.92 bits per heavy atom. The van der Waals surface area contributed by atoms with E-state index in [9.17, 15) is 9.90 Å². The lowest BCUT2D eigenvalue weighted by atomic mass is 10.0. The first-order valence-electron chi connectivity index (χ1n) is 8.09. The predicted octanol–water partition coefficient (Wildman–Crippen LogP) is 2.47. The number of rotatable bonds is 5. The second-order valence-corrected chi connectivity index (χ2v) is 5.78. The average Bonchev–Trinajstić information content (AvgIpc) is 2.64. The van der Waals surface area contributed by atoms with Crippen LogP contribution in [0.5, 0.6) is 0 Å². The zero-order chi connectivity index (χ0) is 17.6. The van der Waals surface area contributed by atoms with E-state index < -0.39 is 6.10 Å². The third kappa shape index (κ3) is 4.51. The van der Waals surface area contributed by atoms with Crippen LogP contribution >= 0.6 is 0 Å². The number of fused-ring (bicyclic) bond motifs is 1. The van der Waals surface area contributed by atoms with E-state index in [0.717, 1.165) is 22.0 Å². The van der Waals surface area contributed by atoms with E-state index in [2.05, 4.69) is 20.6 Å². The summed E-state index contributed by atoms with van der Waals surface area (Å²) < 4.78 is 0. The van der Waals surface area contributed by atoms with Crippen molar-refractivity contribution in [2.75, 3.05) is 6.54 Å². The molecular formula is C19H20N4O2. The van der Waals surface area contributed by atoms with Crippen molar-refractivity contribution in [1.82, 2.24) is 20.6 Å². The van der Waals surface area contributed by atoms with Crippen molar-refractivity contribution >= 4 is 16.8 Å². The molecule has 3 N–H and O–H groups in total. The molecule has 6 nitrogen and oxygen atoms in total. The van der Waals surface area contributed by atoms with Crippen LogP contribution in [0.4, 0.5) is 4.79 Å². The first-order chi connectivity index (χ1) is 12.1. The van der Waals surface area contributed by atoms with Crippen LogP contribution in [0, 0.1) is 6.92 Å². The van der Waals surface area contributed by atoms with E-state index in [4.69, 9.17) is 0 Å². The molecule has 3 aromatic rings. The molecule has 0 radical (unpaired) electrons. The summed E-state index contributed by atoms with van der Waals surface area (Å²) in [4.78, 5) is 20.1. The minimum Gasteiger partial charge on any atom is -0.387 e. The summed E-state index contributed by atoms with van der Waals surface area (Å²) in [7, 11) is 0. The number of aliphatic hydroxyl groups is 1. The highest BCUT2D eigenvalue weighted by Gasteiger charge is 2.10.